The van der Waals surface area contributed by atoms with Gasteiger partial charge in [0.25, 0.3) is 0 Å². The van der Waals surface area contributed by atoms with E-state index in [1.807, 2.05) is 24.3 Å². The molecule has 16 aromatic rings. The van der Waals surface area contributed by atoms with Crippen LogP contribution in [0.2, 0.25) is 0 Å². The van der Waals surface area contributed by atoms with Crippen molar-refractivity contribution in [1.82, 2.24) is 0 Å². The van der Waals surface area contributed by atoms with Crippen LogP contribution >= 0.6 is 0 Å². The number of aryl methyl sites for hydroxylation is 7. The van der Waals surface area contributed by atoms with Gasteiger partial charge in [-0.2, -0.15) is 71.5 Å². The zero-order valence-electron chi connectivity index (χ0n) is 79.1. The number of hydrogen-bond acceptors (Lipinski definition) is 0. The first-order valence-corrected chi connectivity index (χ1v) is 44.3. The van der Waals surface area contributed by atoms with Gasteiger partial charge in [-0.15, -0.1) is 109 Å². The predicted octanol–water partition coefficient (Wildman–Crippen LogP) is 30.3. The van der Waals surface area contributed by atoms with Gasteiger partial charge in [0.2, 0.25) is 0 Å². The van der Waals surface area contributed by atoms with E-state index in [2.05, 4.69) is 336 Å². The Morgan fingerprint density at radius 2 is 0.735 bits per heavy atom. The van der Waals surface area contributed by atoms with Gasteiger partial charge in [-0.25, -0.2) is 65.7 Å². The molecule has 8 heteroatoms. The minimum Gasteiger partial charge on any atom is -0.344 e. The SMILES string of the molecule is [CH-]=Cc1[c-]c(C)c2c(c1)-c1ccccc1C2.[CH-]=Cc1[c-]c(C)cc2c1Cc1ccccc1-2.[CH-]=Cc1[c-]c2c(cc1)-c1c(C)cccc1C2.[CH-]=Cc1[c-]c2c(cc1)Cc1ccc(C)cc1-2.[CH-]=Cc1[c-]cc2c(c1C)Cc1ccccc1-2.[CH-]=Cc1[c-]ccc2c1-c1ccc(C)cc1C2.[CH2-]Cc1[c-]c2c(cc1)Cc1ccc(C)cc1-2.[CH2-]Cc1[c-]ccc2c1-c1ccc(C)cc1C2.[Y].[Y].[Y].[Y].[Y].[Y].[Y].[Y]. The van der Waals surface area contributed by atoms with Gasteiger partial charge < -0.3 is 100 Å². The second-order valence-electron chi connectivity index (χ2n) is 34.5. The summed E-state index contributed by atoms with van der Waals surface area (Å²) in [5.74, 6) is 0. The van der Waals surface area contributed by atoms with Crippen molar-refractivity contribution in [3.05, 3.63) is 523 Å². The smallest absolute Gasteiger partial charge is 0 e. The van der Waals surface area contributed by atoms with Crippen LogP contribution in [0.1, 0.15) is 178 Å². The summed E-state index contributed by atoms with van der Waals surface area (Å²) in [7, 11) is 0. The molecule has 0 aliphatic heterocycles. The fraction of sp³-hybridized carbons (Fsp3) is 0.141. The number of hydrogen-bond donors (Lipinski definition) is 0. The third-order valence-electron chi connectivity index (χ3n) is 26.0. The monoisotopic (exact) mass is 2350 g/mol. The van der Waals surface area contributed by atoms with Gasteiger partial charge in [0, 0.05) is 262 Å². The van der Waals surface area contributed by atoms with Gasteiger partial charge >= 0.3 is 0 Å². The van der Waals surface area contributed by atoms with Gasteiger partial charge in [0.05, 0.1) is 0 Å². The van der Waals surface area contributed by atoms with E-state index >= 15 is 0 Å². The van der Waals surface area contributed by atoms with Gasteiger partial charge in [0.15, 0.2) is 0 Å². The number of fused-ring (bicyclic) bond motifs is 24. The average molecular weight is 2350 g/mol. The van der Waals surface area contributed by atoms with Gasteiger partial charge in [0.1, 0.15) is 0 Å². The molecule has 0 atom stereocenters. The summed E-state index contributed by atoms with van der Waals surface area (Å²) >= 11 is 0. The Balaban J connectivity index is 0.000000173. The topological polar surface area (TPSA) is 0 Å². The zero-order chi connectivity index (χ0) is 89.0. The van der Waals surface area contributed by atoms with Crippen LogP contribution in [0.15, 0.2) is 243 Å². The zero-order valence-corrected chi connectivity index (χ0v) is 102. The number of benzene rings is 16. The summed E-state index contributed by atoms with van der Waals surface area (Å²) < 4.78 is 0. The van der Waals surface area contributed by atoms with Crippen molar-refractivity contribution < 1.29 is 262 Å². The fourth-order valence-electron chi connectivity index (χ4n) is 19.6. The summed E-state index contributed by atoms with van der Waals surface area (Å²) in [5, 5.41) is 0. The maximum atomic E-state index is 5.67. The van der Waals surface area contributed by atoms with E-state index in [-0.39, 0.29) is 262 Å². The molecule has 24 rings (SSSR count). The normalized spacial score (nSPS) is 11.4. The Morgan fingerprint density at radius 3 is 1.31 bits per heavy atom. The molecule has 652 valence electrons. The predicted molar refractivity (Wildman–Crippen MR) is 537 cm³/mol. The molecule has 8 aliphatic carbocycles. The summed E-state index contributed by atoms with van der Waals surface area (Å²) in [6.07, 6.45) is 19.6. The minimum absolute atomic E-state index is 0. The first-order valence-electron chi connectivity index (χ1n) is 44.3. The molecule has 0 fully saturated rings. The molecular formula is C128H100Y8-16. The summed E-state index contributed by atoms with van der Waals surface area (Å²) in [5.41, 5.74) is 62.1. The van der Waals surface area contributed by atoms with Crippen LogP contribution in [0, 0.1) is 157 Å². The van der Waals surface area contributed by atoms with Gasteiger partial charge in [-0.3, -0.25) is 22.8 Å². The van der Waals surface area contributed by atoms with Crippen LogP contribution in [0.25, 0.3) is 125 Å². The van der Waals surface area contributed by atoms with Crippen molar-refractivity contribution in [3.63, 3.8) is 0 Å². The molecule has 0 saturated heterocycles. The van der Waals surface area contributed by atoms with Crippen LogP contribution in [0.5, 0.6) is 0 Å². The first-order chi connectivity index (χ1) is 62.3. The van der Waals surface area contributed by atoms with Crippen molar-refractivity contribution in [2.24, 2.45) is 0 Å². The molecule has 0 heterocycles. The van der Waals surface area contributed by atoms with Crippen molar-refractivity contribution in [2.45, 2.75) is 120 Å². The molecule has 136 heavy (non-hydrogen) atoms. The van der Waals surface area contributed by atoms with E-state index in [1.165, 1.54) is 228 Å². The molecule has 0 bridgehead atoms. The van der Waals surface area contributed by atoms with Crippen LogP contribution in [-0.2, 0) is 326 Å². The van der Waals surface area contributed by atoms with Crippen LogP contribution < -0.4 is 0 Å². The maximum absolute atomic E-state index is 5.67. The van der Waals surface area contributed by atoms with Crippen molar-refractivity contribution in [1.29, 1.82) is 0 Å². The Morgan fingerprint density at radius 1 is 0.279 bits per heavy atom. The first kappa shape index (κ1) is 114. The summed E-state index contributed by atoms with van der Waals surface area (Å²) in [6, 6.07) is 113. The van der Waals surface area contributed by atoms with Gasteiger partial charge in [-0.1, -0.05) is 274 Å². The molecule has 8 radical (unpaired) electrons. The van der Waals surface area contributed by atoms with E-state index in [0.717, 1.165) is 103 Å². The van der Waals surface area contributed by atoms with E-state index in [9.17, 15) is 0 Å². The Bertz CT molecular complexity index is 7140. The van der Waals surface area contributed by atoms with Crippen LogP contribution in [0.4, 0.5) is 0 Å². The Kier molecular flexibility index (Phi) is 44.0. The van der Waals surface area contributed by atoms with Crippen molar-refractivity contribution >= 4 is 36.5 Å². The van der Waals surface area contributed by atoms with E-state index < -0.39 is 0 Å². The molecule has 0 unspecified atom stereocenters. The second kappa shape index (κ2) is 52.4. The summed E-state index contributed by atoms with van der Waals surface area (Å²) in [4.78, 5) is 0. The van der Waals surface area contributed by atoms with E-state index in [0.29, 0.717) is 0 Å². The average Bonchev–Trinajstić information content (AvgIpc) is 1.56. The molecule has 0 N–H and O–H groups in total. The molecule has 0 aromatic heterocycles. The maximum Gasteiger partial charge on any atom is 0 e. The van der Waals surface area contributed by atoms with E-state index in [4.69, 9.17) is 39.5 Å². The Labute approximate surface area is 1010 Å². The van der Waals surface area contributed by atoms with Crippen molar-refractivity contribution in [3.8, 4) is 89.0 Å². The molecular weight excluding hydrogens is 2250 g/mol. The molecule has 8 aliphatic rings. The summed E-state index contributed by atoms with van der Waals surface area (Å²) in [6.45, 7) is 58.5. The quantitative estimate of drug-likeness (QED) is 0.133. The molecule has 0 spiro atoms. The fourth-order valence-corrected chi connectivity index (χ4v) is 19.6. The van der Waals surface area contributed by atoms with Gasteiger partial charge in [-0.05, 0) is 124 Å². The standard InChI is InChI=1S/C16H14.C16H12.C16H14.5C16H12.8Y/c2*1-3-12-5-7-14-10-13-6-4-11(2)8-15(13)16(14)9-12;2*1-3-12-5-4-6-13-10-14-9-11(2)7-8-15(14)16(12)13;1-3-12-7-8-15-14(9-12)10-13-6-4-5-11(2)16(13)15;1-3-12-8-11(2)15-10-13-6-4-5-7-14(13)16(15)9-12;1-3-12-8-11(2)9-16-14-7-5-4-6-13(14)10-15(12)16;1-3-12-8-9-15-14-7-5-4-6-13(14)10-16(15)11(12)2;;;;;;;;/h4-8H,1,3,10H2,2H3;1,3-8H,10H2,2H3;4,6-9H,1,3,10H2,2H3;1,3-4,6-9H,10H2,2H3;1,3-8H,10H2,2H3;3*1,3-7,9H,10H2,2H3;;;;;;;;/q8*-2;;;;;;;;. The Hall–Kier alpha value is -5.21. The van der Waals surface area contributed by atoms with Crippen molar-refractivity contribution in [2.75, 3.05) is 0 Å². The second-order valence-corrected chi connectivity index (χ2v) is 34.5. The molecule has 0 saturated carbocycles. The van der Waals surface area contributed by atoms with Crippen LogP contribution in [-0.4, -0.2) is 0 Å². The largest absolute Gasteiger partial charge is 0.344 e. The van der Waals surface area contributed by atoms with E-state index in [1.54, 1.807) is 36.5 Å². The molecule has 0 amide bonds. The minimum atomic E-state index is 0. The molecule has 0 nitrogen and oxygen atoms in total. The van der Waals surface area contributed by atoms with Crippen LogP contribution in [0.3, 0.4) is 0 Å². The molecule has 16 aromatic carbocycles. The third kappa shape index (κ3) is 25.0. The number of rotatable bonds is 8. The third-order valence-corrected chi connectivity index (χ3v) is 26.0.